The van der Waals surface area contributed by atoms with Gasteiger partial charge in [-0.05, 0) is 42.3 Å². The van der Waals surface area contributed by atoms with E-state index in [1.165, 1.54) is 34.6 Å². The quantitative estimate of drug-likeness (QED) is 0.876. The van der Waals surface area contributed by atoms with E-state index in [-0.39, 0.29) is 6.04 Å². The fraction of sp³-hybridized carbons (Fsp3) is 0.333. The van der Waals surface area contributed by atoms with Crippen LogP contribution in [-0.2, 0) is 12.8 Å². The van der Waals surface area contributed by atoms with Crippen LogP contribution in [0.4, 0.5) is 0 Å². The average Bonchev–Trinajstić information content (AvgIpc) is 2.89. The zero-order valence-electron chi connectivity index (χ0n) is 8.70. The first-order chi connectivity index (χ1) is 7.75. The molecule has 2 aromatic heterocycles. The van der Waals surface area contributed by atoms with Crippen molar-refractivity contribution < 1.29 is 0 Å². The first-order valence-corrected chi connectivity index (χ1v) is 7.43. The lowest BCUT2D eigenvalue weighted by atomic mass is 10.2. The maximum atomic E-state index is 6.26. The summed E-state index contributed by atoms with van der Waals surface area (Å²) in [6.45, 7) is 0. The van der Waals surface area contributed by atoms with Crippen LogP contribution in [0.1, 0.15) is 32.7 Å². The molecule has 0 radical (unpaired) electrons. The van der Waals surface area contributed by atoms with Gasteiger partial charge in [-0.3, -0.25) is 0 Å². The molecule has 0 saturated carbocycles. The summed E-state index contributed by atoms with van der Waals surface area (Å²) >= 11 is 9.62. The van der Waals surface area contributed by atoms with Crippen LogP contribution in [0.2, 0.25) is 5.02 Å². The van der Waals surface area contributed by atoms with Crippen LogP contribution in [0.15, 0.2) is 17.5 Å². The van der Waals surface area contributed by atoms with Crippen LogP contribution in [0.25, 0.3) is 0 Å². The summed E-state index contributed by atoms with van der Waals surface area (Å²) in [5, 5.41) is 2.80. The summed E-state index contributed by atoms with van der Waals surface area (Å²) in [5.41, 5.74) is 7.76. The molecule has 1 nitrogen and oxygen atoms in total. The first kappa shape index (κ1) is 10.8. The number of hydrogen-bond donors (Lipinski definition) is 1. The van der Waals surface area contributed by atoms with Crippen molar-refractivity contribution in [1.82, 2.24) is 0 Å². The van der Waals surface area contributed by atoms with E-state index >= 15 is 0 Å². The van der Waals surface area contributed by atoms with Crippen LogP contribution < -0.4 is 5.73 Å². The predicted octanol–water partition coefficient (Wildman–Crippen LogP) is 4.00. The molecule has 1 aliphatic carbocycles. The molecule has 0 spiro atoms. The van der Waals surface area contributed by atoms with Gasteiger partial charge in [0.05, 0.1) is 11.1 Å². The monoisotopic (exact) mass is 269 g/mol. The van der Waals surface area contributed by atoms with Crippen molar-refractivity contribution >= 4 is 34.3 Å². The highest BCUT2D eigenvalue weighted by molar-refractivity contribution is 7.13. The van der Waals surface area contributed by atoms with Crippen molar-refractivity contribution in [1.29, 1.82) is 0 Å². The highest BCUT2D eigenvalue weighted by Crippen LogP contribution is 2.38. The van der Waals surface area contributed by atoms with Gasteiger partial charge in [-0.2, -0.15) is 0 Å². The van der Waals surface area contributed by atoms with Crippen LogP contribution in [0, 0.1) is 0 Å². The van der Waals surface area contributed by atoms with Crippen LogP contribution >= 0.6 is 34.3 Å². The van der Waals surface area contributed by atoms with Gasteiger partial charge in [0.1, 0.15) is 0 Å². The van der Waals surface area contributed by atoms with Crippen molar-refractivity contribution in [2.45, 2.75) is 25.3 Å². The molecule has 1 aliphatic rings. The van der Waals surface area contributed by atoms with Gasteiger partial charge in [-0.15, -0.1) is 22.7 Å². The van der Waals surface area contributed by atoms with Crippen LogP contribution in [0.3, 0.4) is 0 Å². The number of halogens is 1. The Balaban J connectivity index is 1.95. The molecular weight excluding hydrogens is 258 g/mol. The van der Waals surface area contributed by atoms with Gasteiger partial charge in [-0.25, -0.2) is 0 Å². The Hall–Kier alpha value is -0.350. The van der Waals surface area contributed by atoms with E-state index < -0.39 is 0 Å². The van der Waals surface area contributed by atoms with Gasteiger partial charge < -0.3 is 5.73 Å². The molecule has 0 aliphatic heterocycles. The molecule has 1 atom stereocenters. The third-order valence-electron chi connectivity index (χ3n) is 3.00. The third-order valence-corrected chi connectivity index (χ3v) is 5.76. The molecule has 16 heavy (non-hydrogen) atoms. The normalized spacial score (nSPS) is 16.4. The zero-order chi connectivity index (χ0) is 11.1. The zero-order valence-corrected chi connectivity index (χ0v) is 11.1. The van der Waals surface area contributed by atoms with Crippen molar-refractivity contribution in [3.05, 3.63) is 42.7 Å². The number of rotatable bonds is 2. The molecule has 0 aromatic carbocycles. The molecule has 3 rings (SSSR count). The summed E-state index contributed by atoms with van der Waals surface area (Å²) in [6.07, 6.45) is 3.75. The van der Waals surface area contributed by atoms with E-state index in [9.17, 15) is 0 Å². The molecule has 2 aromatic rings. The largest absolute Gasteiger partial charge is 0.319 e. The number of thiophene rings is 2. The van der Waals surface area contributed by atoms with E-state index in [2.05, 4.69) is 6.07 Å². The second-order valence-corrected chi connectivity index (χ2v) is 6.58. The smallest absolute Gasteiger partial charge is 0.0755 e. The molecule has 0 saturated heterocycles. The molecule has 0 fully saturated rings. The number of aryl methyl sites for hydroxylation is 2. The second-order valence-electron chi connectivity index (χ2n) is 4.06. The molecule has 0 bridgehead atoms. The summed E-state index contributed by atoms with van der Waals surface area (Å²) < 4.78 is 0. The molecule has 4 heteroatoms. The van der Waals surface area contributed by atoms with Gasteiger partial charge in [0.25, 0.3) is 0 Å². The molecular formula is C12H12ClNS2. The minimum Gasteiger partial charge on any atom is -0.319 e. The van der Waals surface area contributed by atoms with Gasteiger partial charge in [0.2, 0.25) is 0 Å². The predicted molar refractivity (Wildman–Crippen MR) is 71.7 cm³/mol. The van der Waals surface area contributed by atoms with E-state index in [0.29, 0.717) is 0 Å². The Morgan fingerprint density at radius 1 is 1.38 bits per heavy atom. The molecule has 84 valence electrons. The lowest BCUT2D eigenvalue weighted by Crippen LogP contribution is -2.08. The van der Waals surface area contributed by atoms with E-state index in [0.717, 1.165) is 9.90 Å². The standard InChI is InChI=1S/C12H12ClNS2/c13-8-4-5-15-12(8)11(14)10-6-7-2-1-3-9(7)16-10/h4-6,11H,1-3,14H2. The Morgan fingerprint density at radius 3 is 2.94 bits per heavy atom. The maximum absolute atomic E-state index is 6.26. The topological polar surface area (TPSA) is 26.0 Å². The molecule has 2 N–H and O–H groups in total. The SMILES string of the molecule is NC(c1cc2c(s1)CCC2)c1sccc1Cl. The molecule has 0 amide bonds. The fourth-order valence-electron chi connectivity index (χ4n) is 2.16. The highest BCUT2D eigenvalue weighted by Gasteiger charge is 2.20. The Kier molecular flexibility index (Phi) is 2.80. The number of nitrogens with two attached hydrogens (primary N) is 1. The first-order valence-electron chi connectivity index (χ1n) is 5.35. The van der Waals surface area contributed by atoms with Crippen LogP contribution in [-0.4, -0.2) is 0 Å². The lowest BCUT2D eigenvalue weighted by molar-refractivity contribution is 0.896. The Morgan fingerprint density at radius 2 is 2.25 bits per heavy atom. The summed E-state index contributed by atoms with van der Waals surface area (Å²) in [5.74, 6) is 0. The van der Waals surface area contributed by atoms with Gasteiger partial charge >= 0.3 is 0 Å². The lowest BCUT2D eigenvalue weighted by Gasteiger charge is -2.07. The highest BCUT2D eigenvalue weighted by atomic mass is 35.5. The van der Waals surface area contributed by atoms with Crippen LogP contribution in [0.5, 0.6) is 0 Å². The van der Waals surface area contributed by atoms with Gasteiger partial charge in [0, 0.05) is 14.6 Å². The van der Waals surface area contributed by atoms with Gasteiger partial charge in [0.15, 0.2) is 0 Å². The van der Waals surface area contributed by atoms with Crippen molar-refractivity contribution in [2.75, 3.05) is 0 Å². The Labute approximate surface area is 108 Å². The van der Waals surface area contributed by atoms with Crippen molar-refractivity contribution in [2.24, 2.45) is 5.73 Å². The maximum Gasteiger partial charge on any atom is 0.0755 e. The van der Waals surface area contributed by atoms with Crippen molar-refractivity contribution in [3.63, 3.8) is 0 Å². The molecule has 1 unspecified atom stereocenters. The van der Waals surface area contributed by atoms with E-state index in [4.69, 9.17) is 17.3 Å². The second kappa shape index (κ2) is 4.15. The minimum absolute atomic E-state index is 0.0388. The summed E-state index contributed by atoms with van der Waals surface area (Å²) in [4.78, 5) is 3.87. The molecule has 2 heterocycles. The third kappa shape index (κ3) is 1.72. The van der Waals surface area contributed by atoms with E-state index in [1.807, 2.05) is 22.8 Å². The van der Waals surface area contributed by atoms with Crippen molar-refractivity contribution in [3.8, 4) is 0 Å². The summed E-state index contributed by atoms with van der Waals surface area (Å²) in [7, 11) is 0. The Bertz CT molecular complexity index is 493. The minimum atomic E-state index is -0.0388. The number of fused-ring (bicyclic) bond motifs is 1. The fourth-order valence-corrected chi connectivity index (χ4v) is 4.70. The summed E-state index contributed by atoms with van der Waals surface area (Å²) in [6, 6.07) is 4.15. The average molecular weight is 270 g/mol. The number of hydrogen-bond acceptors (Lipinski definition) is 3. The van der Waals surface area contributed by atoms with E-state index in [1.54, 1.807) is 11.3 Å². The van der Waals surface area contributed by atoms with Gasteiger partial charge in [-0.1, -0.05) is 11.6 Å².